The molecule has 68 valence electrons. The number of rotatable bonds is 0. The Bertz CT molecular complexity index is 296. The van der Waals surface area contributed by atoms with E-state index in [0.717, 1.165) is 0 Å². The van der Waals surface area contributed by atoms with Crippen LogP contribution in [0, 0.1) is 17.6 Å². The molecular weight excluding hydrogens is 167 g/mol. The summed E-state index contributed by atoms with van der Waals surface area (Å²) in [5.41, 5.74) is -0.660. The molecule has 4 heteroatoms. The van der Waals surface area contributed by atoms with Crippen molar-refractivity contribution in [3.8, 4) is 0 Å². The van der Waals surface area contributed by atoms with Crippen LogP contribution in [0.3, 0.4) is 0 Å². The third-order valence-corrected chi connectivity index (χ3v) is 1.59. The molecule has 0 aromatic carbocycles. The van der Waals surface area contributed by atoms with E-state index in [-0.39, 0.29) is 5.69 Å². The first-order chi connectivity index (χ1) is 5.34. The van der Waals surface area contributed by atoms with Gasteiger partial charge in [-0.1, -0.05) is 20.8 Å². The molecule has 0 saturated heterocycles. The lowest BCUT2D eigenvalue weighted by Gasteiger charge is -2.15. The summed E-state index contributed by atoms with van der Waals surface area (Å²) in [4.78, 5) is 2.04. The number of nitrogens with one attached hydrogen (secondary N) is 1. The van der Waals surface area contributed by atoms with Gasteiger partial charge in [-0.15, -0.1) is 0 Å². The lowest BCUT2D eigenvalue weighted by Crippen LogP contribution is -2.13. The second-order valence-corrected chi connectivity index (χ2v) is 3.69. The number of H-pyrrole nitrogens is 1. The maximum absolute atomic E-state index is 12.9. The second kappa shape index (κ2) is 2.54. The smallest absolute Gasteiger partial charge is 0.230 e. The van der Waals surface area contributed by atoms with E-state index in [1.54, 1.807) is 20.8 Å². The monoisotopic (exact) mass is 177 g/mol. The Balaban J connectivity index is 3.28. The Hall–Kier alpha value is -0.930. The number of aromatic nitrogens is 1. The van der Waals surface area contributed by atoms with Crippen molar-refractivity contribution >= 4 is 0 Å². The van der Waals surface area contributed by atoms with E-state index in [2.05, 4.69) is 0 Å². The van der Waals surface area contributed by atoms with E-state index in [0.29, 0.717) is 0 Å². The zero-order valence-corrected chi connectivity index (χ0v) is 7.13. The molecule has 1 rings (SSSR count). The largest absolute Gasteiger partial charge is 0.330 e. The fourth-order valence-corrected chi connectivity index (χ4v) is 0.942. The highest BCUT2D eigenvalue weighted by atomic mass is 19.2. The molecule has 0 aliphatic carbocycles. The molecule has 0 aliphatic heterocycles. The molecule has 0 fully saturated rings. The number of halogens is 3. The third kappa shape index (κ3) is 1.33. The van der Waals surface area contributed by atoms with Crippen LogP contribution in [0.2, 0.25) is 0 Å². The fraction of sp³-hybridized carbons (Fsp3) is 0.500. The number of aromatic amines is 1. The van der Waals surface area contributed by atoms with Gasteiger partial charge in [0.1, 0.15) is 0 Å². The van der Waals surface area contributed by atoms with Crippen molar-refractivity contribution in [3.05, 3.63) is 23.3 Å². The molecule has 12 heavy (non-hydrogen) atoms. The van der Waals surface area contributed by atoms with Gasteiger partial charge in [0.2, 0.25) is 11.8 Å². The molecule has 1 aromatic rings. The molecule has 0 saturated carbocycles. The average Bonchev–Trinajstić information content (AvgIpc) is 2.15. The summed E-state index contributed by atoms with van der Waals surface area (Å²) in [5.74, 6) is -3.79. The van der Waals surface area contributed by atoms with Crippen molar-refractivity contribution in [2.75, 3.05) is 0 Å². The molecule has 1 heterocycles. The molecule has 1 N–H and O–H groups in total. The Morgan fingerprint density at radius 3 is 1.67 bits per heavy atom. The minimum Gasteiger partial charge on any atom is -0.330 e. The third-order valence-electron chi connectivity index (χ3n) is 1.59. The Morgan fingerprint density at radius 2 is 1.50 bits per heavy atom. The van der Waals surface area contributed by atoms with E-state index in [1.807, 2.05) is 4.98 Å². The summed E-state index contributed by atoms with van der Waals surface area (Å²) in [5, 5.41) is 0. The number of hydrogen-bond acceptors (Lipinski definition) is 0. The van der Waals surface area contributed by atoms with Crippen molar-refractivity contribution in [1.82, 2.24) is 4.98 Å². The van der Waals surface area contributed by atoms with E-state index in [1.165, 1.54) is 0 Å². The first kappa shape index (κ1) is 9.16. The van der Waals surface area contributed by atoms with Crippen molar-refractivity contribution in [1.29, 1.82) is 0 Å². The summed E-state index contributed by atoms with van der Waals surface area (Å²) in [6.45, 7) is 5.00. The van der Waals surface area contributed by atoms with Crippen LogP contribution in [-0.2, 0) is 5.41 Å². The minimum atomic E-state index is -1.43. The maximum Gasteiger partial charge on any atom is 0.230 e. The van der Waals surface area contributed by atoms with Crippen LogP contribution in [0.25, 0.3) is 0 Å². The molecular formula is C8H10F3N. The normalized spacial score (nSPS) is 12.2. The predicted molar refractivity (Wildman–Crippen MR) is 39.4 cm³/mol. The lowest BCUT2D eigenvalue weighted by molar-refractivity contribution is 0.447. The van der Waals surface area contributed by atoms with Crippen LogP contribution in [0.5, 0.6) is 0 Å². The van der Waals surface area contributed by atoms with Crippen LogP contribution in [0.4, 0.5) is 13.2 Å². The molecule has 0 aliphatic rings. The summed E-state index contributed by atoms with van der Waals surface area (Å²) in [6.07, 6.45) is 0. The van der Waals surface area contributed by atoms with Gasteiger partial charge in [0, 0.05) is 5.41 Å². The molecule has 0 atom stereocenters. The predicted octanol–water partition coefficient (Wildman–Crippen LogP) is 2.73. The zero-order chi connectivity index (χ0) is 9.52. The highest BCUT2D eigenvalue weighted by Crippen LogP contribution is 2.26. The maximum atomic E-state index is 12.9. The quantitative estimate of drug-likeness (QED) is 0.627. The lowest BCUT2D eigenvalue weighted by atomic mass is 9.92. The Labute approximate surface area is 68.6 Å². The van der Waals surface area contributed by atoms with Gasteiger partial charge in [-0.25, -0.2) is 4.39 Å². The van der Waals surface area contributed by atoms with E-state index < -0.39 is 23.0 Å². The molecule has 0 radical (unpaired) electrons. The van der Waals surface area contributed by atoms with Crippen LogP contribution in [0.15, 0.2) is 0 Å². The van der Waals surface area contributed by atoms with E-state index in [4.69, 9.17) is 0 Å². The van der Waals surface area contributed by atoms with Crippen molar-refractivity contribution in [2.24, 2.45) is 0 Å². The van der Waals surface area contributed by atoms with E-state index >= 15 is 0 Å². The second-order valence-electron chi connectivity index (χ2n) is 3.69. The summed E-state index contributed by atoms with van der Waals surface area (Å²) < 4.78 is 37.8. The molecule has 0 amide bonds. The first-order valence-corrected chi connectivity index (χ1v) is 3.57. The SMILES string of the molecule is CC(C)(C)c1[nH]c(F)c(F)c1F. The van der Waals surface area contributed by atoms with Gasteiger partial charge in [-0.3, -0.25) is 0 Å². The van der Waals surface area contributed by atoms with Crippen LogP contribution >= 0.6 is 0 Å². The Kier molecular flexibility index (Phi) is 1.94. The standard InChI is InChI=1S/C8H10F3N/c1-8(2,3)6-4(9)5(10)7(11)12-6/h12H,1-3H3. The van der Waals surface area contributed by atoms with Crippen LogP contribution in [-0.4, -0.2) is 4.98 Å². The average molecular weight is 177 g/mol. The van der Waals surface area contributed by atoms with Crippen LogP contribution in [0.1, 0.15) is 26.5 Å². The molecule has 0 bridgehead atoms. The van der Waals surface area contributed by atoms with Crippen molar-refractivity contribution in [3.63, 3.8) is 0 Å². The summed E-state index contributed by atoms with van der Waals surface area (Å²) in [6, 6.07) is 0. The van der Waals surface area contributed by atoms with Gasteiger partial charge in [0.15, 0.2) is 5.82 Å². The summed E-state index contributed by atoms with van der Waals surface area (Å²) >= 11 is 0. The topological polar surface area (TPSA) is 15.8 Å². The molecule has 0 spiro atoms. The molecule has 0 unspecified atom stereocenters. The Morgan fingerprint density at radius 1 is 1.00 bits per heavy atom. The van der Waals surface area contributed by atoms with Crippen molar-refractivity contribution < 1.29 is 13.2 Å². The highest BCUT2D eigenvalue weighted by molar-refractivity contribution is 5.18. The van der Waals surface area contributed by atoms with E-state index in [9.17, 15) is 13.2 Å². The van der Waals surface area contributed by atoms with Gasteiger partial charge in [-0.05, 0) is 0 Å². The van der Waals surface area contributed by atoms with Gasteiger partial charge in [0.25, 0.3) is 0 Å². The van der Waals surface area contributed by atoms with Gasteiger partial charge in [0.05, 0.1) is 5.69 Å². The highest BCUT2D eigenvalue weighted by Gasteiger charge is 2.26. The van der Waals surface area contributed by atoms with Gasteiger partial charge < -0.3 is 4.98 Å². The molecule has 1 aromatic heterocycles. The zero-order valence-electron chi connectivity index (χ0n) is 7.13. The summed E-state index contributed by atoms with van der Waals surface area (Å²) in [7, 11) is 0. The van der Waals surface area contributed by atoms with Gasteiger partial charge in [-0.2, -0.15) is 8.78 Å². The first-order valence-electron chi connectivity index (χ1n) is 3.57. The minimum absolute atomic E-state index is 0.0440. The van der Waals surface area contributed by atoms with Gasteiger partial charge >= 0.3 is 0 Å². The fourth-order valence-electron chi connectivity index (χ4n) is 0.942. The molecule has 1 nitrogen and oxygen atoms in total. The van der Waals surface area contributed by atoms with Crippen molar-refractivity contribution in [2.45, 2.75) is 26.2 Å². The number of hydrogen-bond donors (Lipinski definition) is 1. The van der Waals surface area contributed by atoms with Crippen LogP contribution < -0.4 is 0 Å².